The first-order chi connectivity index (χ1) is 11.8. The number of hydrogen-bond donors (Lipinski definition) is 1. The molecule has 2 rings (SSSR count). The summed E-state index contributed by atoms with van der Waals surface area (Å²) < 4.78 is 36.6. The van der Waals surface area contributed by atoms with E-state index in [-0.39, 0.29) is 10.5 Å². The first-order valence-electron chi connectivity index (χ1n) is 7.18. The third-order valence-electron chi connectivity index (χ3n) is 3.48. The standard InChI is InChI=1S/C17H17NO6S/c1-11-10-13(17(20)24-3)6-9-15(11)18-25(21,22)14-7-4-12(5-8-14)16(19)23-2/h4-10,18H,1-3H3. The maximum absolute atomic E-state index is 12.5. The number of esters is 2. The summed E-state index contributed by atoms with van der Waals surface area (Å²) in [6, 6.07) is 9.85. The van der Waals surface area contributed by atoms with Crippen LogP contribution in [-0.2, 0) is 19.5 Å². The van der Waals surface area contributed by atoms with Gasteiger partial charge < -0.3 is 9.47 Å². The van der Waals surface area contributed by atoms with Gasteiger partial charge in [0.1, 0.15) is 0 Å². The molecule has 0 atom stereocenters. The van der Waals surface area contributed by atoms with E-state index in [9.17, 15) is 18.0 Å². The summed E-state index contributed by atoms with van der Waals surface area (Å²) in [6.07, 6.45) is 0. The molecule has 0 spiro atoms. The zero-order valence-corrected chi connectivity index (χ0v) is 14.7. The van der Waals surface area contributed by atoms with Gasteiger partial charge in [0.25, 0.3) is 10.0 Å². The molecule has 0 fully saturated rings. The van der Waals surface area contributed by atoms with Crippen molar-refractivity contribution >= 4 is 27.6 Å². The average Bonchev–Trinajstić information content (AvgIpc) is 2.62. The van der Waals surface area contributed by atoms with Gasteiger partial charge in [-0.15, -0.1) is 0 Å². The van der Waals surface area contributed by atoms with E-state index in [0.29, 0.717) is 16.8 Å². The highest BCUT2D eigenvalue weighted by Gasteiger charge is 2.17. The van der Waals surface area contributed by atoms with Crippen LogP contribution in [0, 0.1) is 6.92 Å². The third kappa shape index (κ3) is 4.16. The molecule has 2 aromatic carbocycles. The fraction of sp³-hybridized carbons (Fsp3) is 0.176. The molecule has 132 valence electrons. The molecule has 8 heteroatoms. The Kier molecular flexibility index (Phi) is 5.43. The van der Waals surface area contributed by atoms with Crippen molar-refractivity contribution in [3.05, 3.63) is 59.2 Å². The predicted molar refractivity (Wildman–Crippen MR) is 91.1 cm³/mol. The summed E-state index contributed by atoms with van der Waals surface area (Å²) in [5.41, 5.74) is 1.48. The van der Waals surface area contributed by atoms with Crippen LogP contribution in [0.5, 0.6) is 0 Å². The molecule has 0 aliphatic heterocycles. The van der Waals surface area contributed by atoms with Gasteiger partial charge in [-0.2, -0.15) is 0 Å². The van der Waals surface area contributed by atoms with Crippen LogP contribution in [0.3, 0.4) is 0 Å². The lowest BCUT2D eigenvalue weighted by atomic mass is 10.1. The first-order valence-corrected chi connectivity index (χ1v) is 8.67. The number of carbonyl (C=O) groups is 2. The summed E-state index contributed by atoms with van der Waals surface area (Å²) in [6.45, 7) is 1.67. The van der Waals surface area contributed by atoms with E-state index in [0.717, 1.165) is 0 Å². The van der Waals surface area contributed by atoms with Gasteiger partial charge in [-0.05, 0) is 55.0 Å². The van der Waals surface area contributed by atoms with E-state index in [4.69, 9.17) is 0 Å². The molecule has 0 aromatic heterocycles. The number of anilines is 1. The van der Waals surface area contributed by atoms with Crippen LogP contribution in [0.4, 0.5) is 5.69 Å². The molecule has 7 nitrogen and oxygen atoms in total. The number of methoxy groups -OCH3 is 2. The third-order valence-corrected chi connectivity index (χ3v) is 4.86. The topological polar surface area (TPSA) is 98.8 Å². The normalized spacial score (nSPS) is 10.8. The summed E-state index contributed by atoms with van der Waals surface area (Å²) in [5, 5.41) is 0. The van der Waals surface area contributed by atoms with Crippen LogP contribution in [-0.4, -0.2) is 34.6 Å². The Balaban J connectivity index is 2.26. The largest absolute Gasteiger partial charge is 0.465 e. The van der Waals surface area contributed by atoms with Gasteiger partial charge in [-0.1, -0.05) is 0 Å². The molecule has 0 saturated carbocycles. The Labute approximate surface area is 145 Å². The molecule has 1 N–H and O–H groups in total. The van der Waals surface area contributed by atoms with E-state index >= 15 is 0 Å². The zero-order valence-electron chi connectivity index (χ0n) is 13.9. The van der Waals surface area contributed by atoms with Crippen LogP contribution in [0.1, 0.15) is 26.3 Å². The molecular formula is C17H17NO6S. The van der Waals surface area contributed by atoms with Crippen molar-refractivity contribution < 1.29 is 27.5 Å². The summed E-state index contributed by atoms with van der Waals surface area (Å²) in [7, 11) is -1.33. The quantitative estimate of drug-likeness (QED) is 0.819. The van der Waals surface area contributed by atoms with Crippen molar-refractivity contribution in [2.45, 2.75) is 11.8 Å². The monoisotopic (exact) mass is 363 g/mol. The van der Waals surface area contributed by atoms with Gasteiger partial charge in [0, 0.05) is 0 Å². The highest BCUT2D eigenvalue weighted by molar-refractivity contribution is 7.92. The van der Waals surface area contributed by atoms with Gasteiger partial charge in [0.2, 0.25) is 0 Å². The number of ether oxygens (including phenoxy) is 2. The molecular weight excluding hydrogens is 346 g/mol. The molecule has 0 unspecified atom stereocenters. The van der Waals surface area contributed by atoms with Crippen LogP contribution in [0.25, 0.3) is 0 Å². The van der Waals surface area contributed by atoms with Gasteiger partial charge in [0.15, 0.2) is 0 Å². The van der Waals surface area contributed by atoms with Crippen molar-refractivity contribution in [2.24, 2.45) is 0 Å². The Bertz CT molecular complexity index is 903. The summed E-state index contributed by atoms with van der Waals surface area (Å²) >= 11 is 0. The molecule has 0 heterocycles. The minimum atomic E-state index is -3.84. The second-order valence-corrected chi connectivity index (χ2v) is 6.83. The Morgan fingerprint density at radius 3 is 1.92 bits per heavy atom. The summed E-state index contributed by atoms with van der Waals surface area (Å²) in [5.74, 6) is -1.05. The minimum absolute atomic E-state index is 0.00315. The van der Waals surface area contributed by atoms with Gasteiger partial charge in [-0.25, -0.2) is 18.0 Å². The fourth-order valence-corrected chi connectivity index (χ4v) is 3.25. The lowest BCUT2D eigenvalue weighted by Gasteiger charge is -2.12. The number of sulfonamides is 1. The number of carbonyl (C=O) groups excluding carboxylic acids is 2. The maximum Gasteiger partial charge on any atom is 0.337 e. The smallest absolute Gasteiger partial charge is 0.337 e. The van der Waals surface area contributed by atoms with E-state index in [1.54, 1.807) is 6.92 Å². The van der Waals surface area contributed by atoms with Crippen LogP contribution in [0.15, 0.2) is 47.4 Å². The Morgan fingerprint density at radius 1 is 0.880 bits per heavy atom. The number of rotatable bonds is 5. The van der Waals surface area contributed by atoms with Crippen molar-refractivity contribution in [1.82, 2.24) is 0 Å². The fourth-order valence-electron chi connectivity index (χ4n) is 2.11. The number of aryl methyl sites for hydroxylation is 1. The van der Waals surface area contributed by atoms with Crippen molar-refractivity contribution in [2.75, 3.05) is 18.9 Å². The number of hydrogen-bond acceptors (Lipinski definition) is 6. The van der Waals surface area contributed by atoms with Crippen molar-refractivity contribution in [3.8, 4) is 0 Å². The highest BCUT2D eigenvalue weighted by Crippen LogP contribution is 2.21. The number of benzene rings is 2. The van der Waals surface area contributed by atoms with Gasteiger partial charge in [-0.3, -0.25) is 4.72 Å². The second kappa shape index (κ2) is 7.35. The zero-order chi connectivity index (χ0) is 18.6. The molecule has 2 aromatic rings. The first kappa shape index (κ1) is 18.5. The lowest BCUT2D eigenvalue weighted by molar-refractivity contribution is 0.0592. The molecule has 0 aliphatic rings. The maximum atomic E-state index is 12.5. The van der Waals surface area contributed by atoms with Crippen LogP contribution in [0.2, 0.25) is 0 Å². The van der Waals surface area contributed by atoms with E-state index in [1.165, 1.54) is 56.7 Å². The molecule has 0 bridgehead atoms. The second-order valence-electron chi connectivity index (χ2n) is 5.14. The van der Waals surface area contributed by atoms with E-state index < -0.39 is 22.0 Å². The summed E-state index contributed by atoms with van der Waals surface area (Å²) in [4.78, 5) is 22.9. The predicted octanol–water partition coefficient (Wildman–Crippen LogP) is 2.37. The Morgan fingerprint density at radius 2 is 1.40 bits per heavy atom. The average molecular weight is 363 g/mol. The van der Waals surface area contributed by atoms with Crippen LogP contribution < -0.4 is 4.72 Å². The molecule has 0 saturated heterocycles. The van der Waals surface area contributed by atoms with Crippen molar-refractivity contribution in [3.63, 3.8) is 0 Å². The number of nitrogens with one attached hydrogen (secondary N) is 1. The molecule has 0 amide bonds. The molecule has 0 aliphatic carbocycles. The van der Waals surface area contributed by atoms with Crippen molar-refractivity contribution in [1.29, 1.82) is 0 Å². The molecule has 25 heavy (non-hydrogen) atoms. The van der Waals surface area contributed by atoms with Gasteiger partial charge in [0.05, 0.1) is 35.9 Å². The highest BCUT2D eigenvalue weighted by atomic mass is 32.2. The SMILES string of the molecule is COC(=O)c1ccc(S(=O)(=O)Nc2ccc(C(=O)OC)cc2C)cc1. The minimum Gasteiger partial charge on any atom is -0.465 e. The van der Waals surface area contributed by atoms with Crippen LogP contribution >= 0.6 is 0 Å². The van der Waals surface area contributed by atoms with E-state index in [1.807, 2.05) is 0 Å². The van der Waals surface area contributed by atoms with E-state index in [2.05, 4.69) is 14.2 Å². The Hall–Kier alpha value is -2.87. The lowest BCUT2D eigenvalue weighted by Crippen LogP contribution is -2.14. The molecule has 0 radical (unpaired) electrons. The van der Waals surface area contributed by atoms with Gasteiger partial charge >= 0.3 is 11.9 Å².